The molecule has 1 aliphatic rings. The molecule has 4 aromatic carbocycles. The van der Waals surface area contributed by atoms with Crippen molar-refractivity contribution in [3.05, 3.63) is 98.6 Å². The van der Waals surface area contributed by atoms with Gasteiger partial charge < -0.3 is 37.6 Å². The minimum atomic E-state index is 0.0292. The van der Waals surface area contributed by atoms with Crippen LogP contribution in [0.3, 0.4) is 0 Å². The maximum absolute atomic E-state index is 11.2. The number of benzene rings is 4. The van der Waals surface area contributed by atoms with Crippen LogP contribution >= 0.6 is 0 Å². The highest BCUT2D eigenvalue weighted by Gasteiger charge is 2.20. The molecule has 7 heteroatoms. The molecule has 0 unspecified atom stereocenters. The minimum absolute atomic E-state index is 0.0292. The number of aryl methyl sites for hydroxylation is 1. The fraction of sp³-hybridized carbons (Fsp3) is 0.172. The summed E-state index contributed by atoms with van der Waals surface area (Å²) >= 11 is 0. The van der Waals surface area contributed by atoms with E-state index in [9.17, 15) is 20.4 Å². The molecule has 0 saturated carbocycles. The highest BCUT2D eigenvalue weighted by Crippen LogP contribution is 2.39. The molecule has 0 amide bonds. The lowest BCUT2D eigenvalue weighted by atomic mass is 9.90. The van der Waals surface area contributed by atoms with Gasteiger partial charge in [0.2, 0.25) is 0 Å². The summed E-state index contributed by atoms with van der Waals surface area (Å²) in [4.78, 5) is 0. The average molecular weight is 484 g/mol. The number of hydrogen-bond acceptors (Lipinski definition) is 7. The summed E-state index contributed by atoms with van der Waals surface area (Å²) in [6.45, 7) is 1.93. The number of fused-ring (bicyclic) bond motifs is 8. The number of aromatic hydroxyl groups is 4. The first kappa shape index (κ1) is 23.2. The number of anilines is 3. The molecule has 7 nitrogen and oxygen atoms in total. The first-order valence-corrected chi connectivity index (χ1v) is 11.7. The Balaban J connectivity index is 1.78. The van der Waals surface area contributed by atoms with Crippen molar-refractivity contribution in [1.82, 2.24) is 0 Å². The molecule has 0 heterocycles. The second-order valence-corrected chi connectivity index (χ2v) is 9.70. The lowest BCUT2D eigenvalue weighted by Gasteiger charge is -2.18. The van der Waals surface area contributed by atoms with Crippen LogP contribution in [0.1, 0.15) is 50.1 Å². The molecule has 8 bridgehead atoms. The van der Waals surface area contributed by atoms with E-state index in [1.54, 1.807) is 36.4 Å². The second kappa shape index (κ2) is 8.61. The summed E-state index contributed by atoms with van der Waals surface area (Å²) in [6.07, 6.45) is 0.860. The maximum atomic E-state index is 11.2. The molecule has 184 valence electrons. The summed E-state index contributed by atoms with van der Waals surface area (Å²) in [5.41, 5.74) is 25.3. The van der Waals surface area contributed by atoms with E-state index in [0.717, 1.165) is 5.56 Å². The van der Waals surface area contributed by atoms with E-state index in [1.807, 2.05) is 19.1 Å². The molecule has 0 aromatic heterocycles. The van der Waals surface area contributed by atoms with E-state index >= 15 is 0 Å². The van der Waals surface area contributed by atoms with Crippen molar-refractivity contribution in [3.8, 4) is 23.0 Å². The van der Waals surface area contributed by atoms with E-state index in [0.29, 0.717) is 61.6 Å². The molecule has 4 aromatic rings. The van der Waals surface area contributed by atoms with Crippen molar-refractivity contribution in [2.75, 3.05) is 17.2 Å². The predicted molar refractivity (Wildman–Crippen MR) is 142 cm³/mol. The summed E-state index contributed by atoms with van der Waals surface area (Å²) in [7, 11) is 0. The van der Waals surface area contributed by atoms with Gasteiger partial charge in [0, 0.05) is 76.1 Å². The Hall–Kier alpha value is -4.52. The van der Waals surface area contributed by atoms with Gasteiger partial charge in [0.05, 0.1) is 0 Å². The number of rotatable bonds is 0. The minimum Gasteiger partial charge on any atom is -0.507 e. The van der Waals surface area contributed by atoms with Gasteiger partial charge >= 0.3 is 0 Å². The van der Waals surface area contributed by atoms with Crippen molar-refractivity contribution < 1.29 is 20.4 Å². The molecule has 36 heavy (non-hydrogen) atoms. The number of nitrogens with two attached hydrogens (primary N) is 3. The first-order chi connectivity index (χ1) is 17.1. The Kier molecular flexibility index (Phi) is 5.55. The van der Waals surface area contributed by atoms with Crippen LogP contribution in [0.25, 0.3) is 0 Å². The maximum Gasteiger partial charge on any atom is 0.122 e. The molecule has 0 atom stereocenters. The van der Waals surface area contributed by atoms with Crippen molar-refractivity contribution in [2.45, 2.75) is 32.6 Å². The number of phenols is 4. The van der Waals surface area contributed by atoms with Crippen LogP contribution in [-0.4, -0.2) is 20.4 Å². The molecule has 0 spiro atoms. The van der Waals surface area contributed by atoms with Gasteiger partial charge in [-0.2, -0.15) is 0 Å². The van der Waals surface area contributed by atoms with Gasteiger partial charge in [-0.15, -0.1) is 0 Å². The zero-order chi connectivity index (χ0) is 25.7. The Morgan fingerprint density at radius 1 is 0.417 bits per heavy atom. The molecule has 0 aliphatic heterocycles. The molecule has 0 fully saturated rings. The molecule has 10 N–H and O–H groups in total. The normalized spacial score (nSPS) is 12.9. The summed E-state index contributed by atoms with van der Waals surface area (Å²) in [6, 6.07) is 13.8. The fourth-order valence-electron chi connectivity index (χ4n) is 5.19. The summed E-state index contributed by atoms with van der Waals surface area (Å²) in [5.74, 6) is 0.229. The largest absolute Gasteiger partial charge is 0.507 e. The smallest absolute Gasteiger partial charge is 0.122 e. The van der Waals surface area contributed by atoms with E-state index in [-0.39, 0.29) is 48.7 Å². The van der Waals surface area contributed by atoms with Gasteiger partial charge in [0.15, 0.2) is 0 Å². The van der Waals surface area contributed by atoms with Crippen LogP contribution in [0.15, 0.2) is 48.5 Å². The highest BCUT2D eigenvalue weighted by molar-refractivity contribution is 5.62. The van der Waals surface area contributed by atoms with Crippen LogP contribution in [0.4, 0.5) is 17.1 Å². The standard InChI is InChI=1S/C29H29N3O4/c1-14-2-15-4-17-8-23(30)10-19(27(17)34)6-21-12-25(32)13-22(29(21)36)7-20-11-24(31)9-18(28(20)35)5-16(3-14)26(15)33/h2-3,8-13,33-36H,4-7,30-32H2,1H3. The molecule has 0 saturated heterocycles. The SMILES string of the molecule is Cc1cc2c(O)c(c1)Cc1cc(N)cc(c1O)Cc1cc(N)cc(c1O)Cc1cc(N)cc(c1O)C2. The Labute approximate surface area is 209 Å². The van der Waals surface area contributed by atoms with Gasteiger partial charge in [-0.1, -0.05) is 17.7 Å². The van der Waals surface area contributed by atoms with Gasteiger partial charge in [0.25, 0.3) is 0 Å². The van der Waals surface area contributed by atoms with E-state index in [2.05, 4.69) is 0 Å². The predicted octanol–water partition coefficient (Wildman–Crippen LogP) is 4.24. The van der Waals surface area contributed by atoms with Crippen LogP contribution in [0, 0.1) is 6.92 Å². The van der Waals surface area contributed by atoms with Gasteiger partial charge in [0.1, 0.15) is 23.0 Å². The van der Waals surface area contributed by atoms with Crippen molar-refractivity contribution >= 4 is 17.1 Å². The van der Waals surface area contributed by atoms with Crippen LogP contribution in [0.5, 0.6) is 23.0 Å². The van der Waals surface area contributed by atoms with Gasteiger partial charge in [-0.25, -0.2) is 0 Å². The summed E-state index contributed by atoms with van der Waals surface area (Å²) in [5, 5.41) is 44.6. The van der Waals surface area contributed by atoms with Crippen LogP contribution in [0.2, 0.25) is 0 Å². The quantitative estimate of drug-likeness (QED) is 0.128. The Morgan fingerprint density at radius 3 is 0.833 bits per heavy atom. The molecule has 0 radical (unpaired) electrons. The number of hydrogen-bond donors (Lipinski definition) is 7. The third kappa shape index (κ3) is 4.20. The van der Waals surface area contributed by atoms with Crippen molar-refractivity contribution in [1.29, 1.82) is 0 Å². The van der Waals surface area contributed by atoms with E-state index in [1.165, 1.54) is 0 Å². The zero-order valence-corrected chi connectivity index (χ0v) is 20.0. The van der Waals surface area contributed by atoms with E-state index in [4.69, 9.17) is 17.2 Å². The Morgan fingerprint density at radius 2 is 0.611 bits per heavy atom. The fourth-order valence-corrected chi connectivity index (χ4v) is 5.19. The topological polar surface area (TPSA) is 159 Å². The number of phenolic OH excluding ortho intramolecular Hbond substituents is 4. The van der Waals surface area contributed by atoms with Crippen LogP contribution < -0.4 is 17.2 Å². The Bertz CT molecular complexity index is 1210. The summed E-state index contributed by atoms with van der Waals surface area (Å²) < 4.78 is 0. The lowest BCUT2D eigenvalue weighted by molar-refractivity contribution is 0.450. The van der Waals surface area contributed by atoms with E-state index < -0.39 is 0 Å². The third-order valence-electron chi connectivity index (χ3n) is 6.81. The molecular weight excluding hydrogens is 454 g/mol. The average Bonchev–Trinajstić information content (AvgIpc) is 2.80. The molecule has 5 rings (SSSR count). The lowest BCUT2D eigenvalue weighted by Crippen LogP contribution is -2.03. The van der Waals surface area contributed by atoms with Gasteiger partial charge in [-0.3, -0.25) is 0 Å². The second-order valence-electron chi connectivity index (χ2n) is 9.70. The van der Waals surface area contributed by atoms with Crippen molar-refractivity contribution in [3.63, 3.8) is 0 Å². The molecule has 1 aliphatic carbocycles. The third-order valence-corrected chi connectivity index (χ3v) is 6.81. The van der Waals surface area contributed by atoms with Gasteiger partial charge in [-0.05, 0) is 54.4 Å². The number of nitrogen functional groups attached to an aromatic ring is 3. The highest BCUT2D eigenvalue weighted by atomic mass is 16.3. The monoisotopic (exact) mass is 483 g/mol. The molecular formula is C29H29N3O4. The zero-order valence-electron chi connectivity index (χ0n) is 20.0. The van der Waals surface area contributed by atoms with Crippen molar-refractivity contribution in [2.24, 2.45) is 0 Å². The first-order valence-electron chi connectivity index (χ1n) is 11.7. The van der Waals surface area contributed by atoms with Crippen LogP contribution in [-0.2, 0) is 25.7 Å².